The SMILES string of the molecule is Cn1c(CCc2ccccn2)cnc1CN. The maximum atomic E-state index is 5.58. The number of imidazole rings is 1. The second kappa shape index (κ2) is 4.90. The molecule has 0 atom stereocenters. The first-order valence-electron chi connectivity index (χ1n) is 5.40. The average molecular weight is 216 g/mol. The first-order chi connectivity index (χ1) is 7.81. The third-order valence-electron chi connectivity index (χ3n) is 2.73. The third kappa shape index (κ3) is 2.28. The van der Waals surface area contributed by atoms with Crippen molar-refractivity contribution in [3.8, 4) is 0 Å². The second-order valence-electron chi connectivity index (χ2n) is 3.75. The molecule has 2 aromatic heterocycles. The van der Waals surface area contributed by atoms with Crippen molar-refractivity contribution in [3.63, 3.8) is 0 Å². The predicted octanol–water partition coefficient (Wildman–Crippen LogP) is 1.06. The van der Waals surface area contributed by atoms with Crippen LogP contribution in [-0.2, 0) is 26.4 Å². The summed E-state index contributed by atoms with van der Waals surface area (Å²) in [6.45, 7) is 0.486. The van der Waals surface area contributed by atoms with Gasteiger partial charge in [-0.15, -0.1) is 0 Å². The highest BCUT2D eigenvalue weighted by Crippen LogP contribution is 2.06. The average Bonchev–Trinajstić information content (AvgIpc) is 2.69. The number of nitrogens with zero attached hydrogens (tertiary/aromatic N) is 3. The Labute approximate surface area is 95.1 Å². The zero-order valence-corrected chi connectivity index (χ0v) is 9.43. The van der Waals surface area contributed by atoms with Gasteiger partial charge in [-0.2, -0.15) is 0 Å². The van der Waals surface area contributed by atoms with Gasteiger partial charge in [-0.3, -0.25) is 4.98 Å². The van der Waals surface area contributed by atoms with Crippen LogP contribution in [0, 0.1) is 0 Å². The largest absolute Gasteiger partial charge is 0.334 e. The van der Waals surface area contributed by atoms with Gasteiger partial charge in [-0.05, 0) is 25.0 Å². The fourth-order valence-corrected chi connectivity index (χ4v) is 1.71. The smallest absolute Gasteiger partial charge is 0.122 e. The van der Waals surface area contributed by atoms with Crippen molar-refractivity contribution in [1.82, 2.24) is 14.5 Å². The highest BCUT2D eigenvalue weighted by atomic mass is 15.1. The summed E-state index contributed by atoms with van der Waals surface area (Å²) in [5.41, 5.74) is 7.88. The summed E-state index contributed by atoms with van der Waals surface area (Å²) < 4.78 is 2.06. The van der Waals surface area contributed by atoms with Gasteiger partial charge in [0.25, 0.3) is 0 Å². The van der Waals surface area contributed by atoms with Gasteiger partial charge in [0.1, 0.15) is 5.82 Å². The Hall–Kier alpha value is -1.68. The summed E-state index contributed by atoms with van der Waals surface area (Å²) in [7, 11) is 2.00. The van der Waals surface area contributed by atoms with E-state index in [4.69, 9.17) is 5.73 Å². The lowest BCUT2D eigenvalue weighted by atomic mass is 10.2. The Bertz CT molecular complexity index is 447. The molecule has 2 rings (SSSR count). The molecule has 0 radical (unpaired) electrons. The zero-order valence-electron chi connectivity index (χ0n) is 9.43. The molecule has 2 N–H and O–H groups in total. The van der Waals surface area contributed by atoms with E-state index < -0.39 is 0 Å². The van der Waals surface area contributed by atoms with E-state index in [1.807, 2.05) is 37.6 Å². The van der Waals surface area contributed by atoms with Crippen LogP contribution in [0.5, 0.6) is 0 Å². The highest BCUT2D eigenvalue weighted by Gasteiger charge is 2.04. The second-order valence-corrected chi connectivity index (χ2v) is 3.75. The van der Waals surface area contributed by atoms with Gasteiger partial charge in [-0.25, -0.2) is 4.98 Å². The number of aryl methyl sites for hydroxylation is 2. The molecule has 0 saturated carbocycles. The normalized spacial score (nSPS) is 10.6. The van der Waals surface area contributed by atoms with Crippen LogP contribution < -0.4 is 5.73 Å². The number of pyridine rings is 1. The van der Waals surface area contributed by atoms with Gasteiger partial charge in [0.15, 0.2) is 0 Å². The summed E-state index contributed by atoms with van der Waals surface area (Å²) in [5.74, 6) is 0.927. The summed E-state index contributed by atoms with van der Waals surface area (Å²) in [6, 6.07) is 5.98. The minimum absolute atomic E-state index is 0.486. The first-order valence-corrected chi connectivity index (χ1v) is 5.40. The molecule has 4 heteroatoms. The molecule has 0 unspecified atom stereocenters. The molecular formula is C12H16N4. The van der Waals surface area contributed by atoms with Crippen LogP contribution in [0.4, 0.5) is 0 Å². The van der Waals surface area contributed by atoms with Gasteiger partial charge in [0, 0.05) is 30.8 Å². The Kier molecular flexibility index (Phi) is 3.31. The molecule has 84 valence electrons. The molecule has 0 aliphatic heterocycles. The minimum Gasteiger partial charge on any atom is -0.334 e. The number of hydrogen-bond acceptors (Lipinski definition) is 3. The van der Waals surface area contributed by atoms with Crippen molar-refractivity contribution < 1.29 is 0 Å². The van der Waals surface area contributed by atoms with Crippen molar-refractivity contribution in [3.05, 3.63) is 47.8 Å². The van der Waals surface area contributed by atoms with E-state index in [9.17, 15) is 0 Å². The van der Waals surface area contributed by atoms with E-state index in [0.29, 0.717) is 6.54 Å². The van der Waals surface area contributed by atoms with Gasteiger partial charge in [0.05, 0.1) is 6.54 Å². The summed E-state index contributed by atoms with van der Waals surface area (Å²) in [4.78, 5) is 8.56. The molecule has 0 amide bonds. The fraction of sp³-hybridized carbons (Fsp3) is 0.333. The molecule has 4 nitrogen and oxygen atoms in total. The first kappa shape index (κ1) is 10.8. The zero-order chi connectivity index (χ0) is 11.4. The summed E-state index contributed by atoms with van der Waals surface area (Å²) >= 11 is 0. The maximum absolute atomic E-state index is 5.58. The summed E-state index contributed by atoms with van der Waals surface area (Å²) in [6.07, 6.45) is 5.60. The van der Waals surface area contributed by atoms with Gasteiger partial charge >= 0.3 is 0 Å². The third-order valence-corrected chi connectivity index (χ3v) is 2.73. The lowest BCUT2D eigenvalue weighted by Gasteiger charge is -2.04. The molecular weight excluding hydrogens is 200 g/mol. The van der Waals surface area contributed by atoms with Gasteiger partial charge in [0.2, 0.25) is 0 Å². The van der Waals surface area contributed by atoms with Crippen molar-refractivity contribution >= 4 is 0 Å². The standard InChI is InChI=1S/C12H16N4/c1-16-11(9-15-12(16)8-13)6-5-10-4-2-3-7-14-10/h2-4,7,9H,5-6,8,13H2,1H3. The molecule has 2 aromatic rings. The van der Waals surface area contributed by atoms with Crippen molar-refractivity contribution in [1.29, 1.82) is 0 Å². The van der Waals surface area contributed by atoms with Gasteiger partial charge < -0.3 is 10.3 Å². The summed E-state index contributed by atoms with van der Waals surface area (Å²) in [5, 5.41) is 0. The molecule has 2 heterocycles. The van der Waals surface area contributed by atoms with E-state index in [1.54, 1.807) is 0 Å². The molecule has 0 aliphatic rings. The van der Waals surface area contributed by atoms with Crippen LogP contribution >= 0.6 is 0 Å². The van der Waals surface area contributed by atoms with E-state index in [0.717, 1.165) is 24.4 Å². The Morgan fingerprint density at radius 1 is 1.25 bits per heavy atom. The number of hydrogen-bond donors (Lipinski definition) is 1. The molecule has 0 fully saturated rings. The van der Waals surface area contributed by atoms with Crippen LogP contribution in [0.2, 0.25) is 0 Å². The van der Waals surface area contributed by atoms with Gasteiger partial charge in [-0.1, -0.05) is 6.07 Å². The Balaban J connectivity index is 2.02. The van der Waals surface area contributed by atoms with Crippen molar-refractivity contribution in [2.75, 3.05) is 0 Å². The lowest BCUT2D eigenvalue weighted by molar-refractivity contribution is 0.735. The topological polar surface area (TPSA) is 56.7 Å². The molecule has 16 heavy (non-hydrogen) atoms. The number of nitrogens with two attached hydrogens (primary N) is 1. The van der Waals surface area contributed by atoms with Crippen molar-refractivity contribution in [2.24, 2.45) is 12.8 Å². The molecule has 0 spiro atoms. The number of rotatable bonds is 4. The van der Waals surface area contributed by atoms with E-state index in [-0.39, 0.29) is 0 Å². The quantitative estimate of drug-likeness (QED) is 0.831. The van der Waals surface area contributed by atoms with Crippen LogP contribution in [0.15, 0.2) is 30.6 Å². The van der Waals surface area contributed by atoms with E-state index >= 15 is 0 Å². The Morgan fingerprint density at radius 3 is 2.75 bits per heavy atom. The van der Waals surface area contributed by atoms with E-state index in [1.165, 1.54) is 5.69 Å². The molecule has 0 saturated heterocycles. The maximum Gasteiger partial charge on any atom is 0.122 e. The van der Waals surface area contributed by atoms with Crippen LogP contribution in [0.1, 0.15) is 17.2 Å². The molecule has 0 bridgehead atoms. The van der Waals surface area contributed by atoms with Crippen LogP contribution in [-0.4, -0.2) is 14.5 Å². The fourth-order valence-electron chi connectivity index (χ4n) is 1.71. The minimum atomic E-state index is 0.486. The predicted molar refractivity (Wildman–Crippen MR) is 62.7 cm³/mol. The monoisotopic (exact) mass is 216 g/mol. The lowest BCUT2D eigenvalue weighted by Crippen LogP contribution is -2.07. The van der Waals surface area contributed by atoms with Crippen LogP contribution in [0.3, 0.4) is 0 Å². The molecule has 0 aromatic carbocycles. The highest BCUT2D eigenvalue weighted by molar-refractivity contribution is 5.09. The van der Waals surface area contributed by atoms with E-state index in [2.05, 4.69) is 14.5 Å². The van der Waals surface area contributed by atoms with Crippen molar-refractivity contribution in [2.45, 2.75) is 19.4 Å². The number of aromatic nitrogens is 3. The molecule has 0 aliphatic carbocycles. The van der Waals surface area contributed by atoms with Crippen LogP contribution in [0.25, 0.3) is 0 Å². The Morgan fingerprint density at radius 2 is 2.12 bits per heavy atom.